The molecule has 0 saturated heterocycles. The molecule has 0 heterocycles. The summed E-state index contributed by atoms with van der Waals surface area (Å²) in [6.07, 6.45) is 1.17. The summed E-state index contributed by atoms with van der Waals surface area (Å²) in [4.78, 5) is 0. The zero-order chi connectivity index (χ0) is 5.70. The predicted molar refractivity (Wildman–Crippen MR) is 35.9 cm³/mol. The highest BCUT2D eigenvalue weighted by Gasteiger charge is 1.91. The molecule has 0 bridgehead atoms. The summed E-state index contributed by atoms with van der Waals surface area (Å²) in [6.45, 7) is 3.07. The molecule has 4 radical (unpaired) electrons. The van der Waals surface area contributed by atoms with Crippen molar-refractivity contribution in [2.45, 2.75) is 19.0 Å². The molecule has 7 heavy (non-hydrogen) atoms. The zero-order valence-corrected chi connectivity index (χ0v) is 6.70. The van der Waals surface area contributed by atoms with E-state index < -0.39 is 0 Å². The van der Waals surface area contributed by atoms with E-state index in [1.807, 2.05) is 0 Å². The third kappa shape index (κ3) is 6.39. The largest absolute Gasteiger partial charge is 0.330 e. The first-order valence-electron chi connectivity index (χ1n) is 2.51. The van der Waals surface area contributed by atoms with Crippen LogP contribution < -0.4 is 5.73 Å². The Morgan fingerprint density at radius 1 is 1.71 bits per heavy atom. The van der Waals surface area contributed by atoms with Crippen LogP contribution in [-0.2, 0) is 0 Å². The molecule has 0 amide bonds. The monoisotopic (exact) mass is 129 g/mol. The van der Waals surface area contributed by atoms with Crippen molar-refractivity contribution in [3.8, 4) is 0 Å². The van der Waals surface area contributed by atoms with Gasteiger partial charge < -0.3 is 5.73 Å². The van der Waals surface area contributed by atoms with Gasteiger partial charge in [-0.15, -0.1) is 0 Å². The van der Waals surface area contributed by atoms with E-state index in [0.29, 0.717) is 0 Å². The van der Waals surface area contributed by atoms with E-state index >= 15 is 0 Å². The molecule has 0 aliphatic rings. The predicted octanol–water partition coefficient (Wildman–Crippen LogP) is 0.125. The van der Waals surface area contributed by atoms with Crippen molar-refractivity contribution >= 4 is 18.1 Å². The Kier molecular flexibility index (Phi) is 4.81. The molecular weight excluding hydrogens is 118 g/mol. The van der Waals surface area contributed by atoms with Gasteiger partial charge in [-0.2, -0.15) is 0 Å². The fourth-order valence-corrected chi connectivity index (χ4v) is 1.63. The maximum Gasteiger partial charge on any atom is 0.0271 e. The molecule has 0 aliphatic heterocycles. The van der Waals surface area contributed by atoms with Gasteiger partial charge in [-0.3, -0.25) is 0 Å². The van der Waals surface area contributed by atoms with Crippen LogP contribution in [-0.4, -0.2) is 24.6 Å². The zero-order valence-electron chi connectivity index (χ0n) is 4.70. The summed E-state index contributed by atoms with van der Waals surface area (Å²) in [7, 11) is 3.39. The Morgan fingerprint density at radius 3 is 2.43 bits per heavy atom. The fraction of sp³-hybridized carbons (Fsp3) is 1.00. The molecule has 1 nitrogen and oxygen atoms in total. The maximum atomic E-state index is 5.27. The summed E-state index contributed by atoms with van der Waals surface area (Å²) in [6, 6.07) is 1.29. The number of hydrogen-bond acceptors (Lipinski definition) is 1. The Morgan fingerprint density at radius 2 is 2.29 bits per heavy atom. The highest BCUT2D eigenvalue weighted by molar-refractivity contribution is 7.02. The first-order chi connectivity index (χ1) is 3.27. The molecule has 0 fully saturated rings. The van der Waals surface area contributed by atoms with E-state index in [9.17, 15) is 0 Å². The Bertz CT molecular complexity index is 38.7. The Balaban J connectivity index is 2.68. The molecule has 0 aromatic heterocycles. The van der Waals surface area contributed by atoms with Crippen LogP contribution in [0, 0.1) is 0 Å². The van der Waals surface area contributed by atoms with Crippen molar-refractivity contribution in [2.24, 2.45) is 5.73 Å². The minimum Gasteiger partial charge on any atom is -0.330 e. The second-order valence-electron chi connectivity index (χ2n) is 1.67. The van der Waals surface area contributed by atoms with Gasteiger partial charge in [0.1, 0.15) is 0 Å². The van der Waals surface area contributed by atoms with Gasteiger partial charge >= 0.3 is 0 Å². The topological polar surface area (TPSA) is 26.0 Å². The maximum absolute atomic E-state index is 5.27. The molecule has 0 rings (SSSR count). The molecule has 0 atom stereocenters. The lowest BCUT2D eigenvalue weighted by Crippen LogP contribution is -2.09. The Hall–Kier alpha value is 0.394. The first kappa shape index (κ1) is 7.39. The standard InChI is InChI=1S/C4H11NSi2/c1-7(6)4-2-3-5/h2-5H2,1H3. The third-order valence-electron chi connectivity index (χ3n) is 0.756. The van der Waals surface area contributed by atoms with Crippen LogP contribution in [0.3, 0.4) is 0 Å². The third-order valence-corrected chi connectivity index (χ3v) is 2.61. The number of rotatable bonds is 3. The molecule has 0 unspecified atom stereocenters. The van der Waals surface area contributed by atoms with E-state index in [1.54, 1.807) is 0 Å². The van der Waals surface area contributed by atoms with Gasteiger partial charge in [0.05, 0.1) is 0 Å². The fourth-order valence-electron chi connectivity index (χ4n) is 0.367. The molecule has 2 N–H and O–H groups in total. The van der Waals surface area contributed by atoms with Crippen molar-refractivity contribution in [2.75, 3.05) is 6.54 Å². The number of hydrogen-bond donors (Lipinski definition) is 1. The van der Waals surface area contributed by atoms with E-state index in [2.05, 4.69) is 16.3 Å². The molecule has 0 aromatic carbocycles. The van der Waals surface area contributed by atoms with Gasteiger partial charge in [0.15, 0.2) is 0 Å². The van der Waals surface area contributed by atoms with Crippen LogP contribution in [0.15, 0.2) is 0 Å². The summed E-state index contributed by atoms with van der Waals surface area (Å²) in [5.74, 6) is 0. The molecular formula is C4H11NSi2. The molecule has 0 saturated carbocycles. The highest BCUT2D eigenvalue weighted by atomic mass is 29.1. The van der Waals surface area contributed by atoms with Crippen molar-refractivity contribution in [1.82, 2.24) is 0 Å². The molecule has 0 spiro atoms. The van der Waals surface area contributed by atoms with Crippen LogP contribution in [0.5, 0.6) is 0 Å². The summed E-state index contributed by atoms with van der Waals surface area (Å²) in [5, 5.41) is 0. The van der Waals surface area contributed by atoms with Gasteiger partial charge in [-0.05, 0) is 13.0 Å². The van der Waals surface area contributed by atoms with E-state index in [-0.39, 0.29) is 8.31 Å². The highest BCUT2D eigenvalue weighted by Crippen LogP contribution is 1.89. The van der Waals surface area contributed by atoms with Crippen LogP contribution >= 0.6 is 0 Å². The summed E-state index contributed by atoms with van der Waals surface area (Å²) in [5.41, 5.74) is 5.27. The average Bonchev–Trinajstić information content (AvgIpc) is 1.61. The van der Waals surface area contributed by atoms with Gasteiger partial charge in [-0.1, -0.05) is 12.6 Å². The van der Waals surface area contributed by atoms with Crippen molar-refractivity contribution in [3.63, 3.8) is 0 Å². The van der Waals surface area contributed by atoms with E-state index in [4.69, 9.17) is 5.73 Å². The second-order valence-corrected chi connectivity index (χ2v) is 6.29. The van der Waals surface area contributed by atoms with Crippen LogP contribution in [0.2, 0.25) is 12.6 Å². The van der Waals surface area contributed by atoms with Crippen LogP contribution in [0.1, 0.15) is 6.42 Å². The van der Waals surface area contributed by atoms with Crippen molar-refractivity contribution in [1.29, 1.82) is 0 Å². The smallest absolute Gasteiger partial charge is 0.0271 e. The summed E-state index contributed by atoms with van der Waals surface area (Å²) < 4.78 is 0. The second kappa shape index (κ2) is 4.55. The lowest BCUT2D eigenvalue weighted by Gasteiger charge is -1.96. The van der Waals surface area contributed by atoms with E-state index in [0.717, 1.165) is 6.54 Å². The van der Waals surface area contributed by atoms with Crippen LogP contribution in [0.25, 0.3) is 0 Å². The lowest BCUT2D eigenvalue weighted by molar-refractivity contribution is 0.924. The normalized spacial score (nSPS) is 10.3. The number of nitrogens with two attached hydrogens (primary N) is 1. The minimum atomic E-state index is -0.172. The van der Waals surface area contributed by atoms with Gasteiger partial charge in [0, 0.05) is 18.1 Å². The lowest BCUT2D eigenvalue weighted by atomic mass is 10.5. The quantitative estimate of drug-likeness (QED) is 0.538. The van der Waals surface area contributed by atoms with Gasteiger partial charge in [-0.25, -0.2) is 0 Å². The molecule has 40 valence electrons. The minimum absolute atomic E-state index is 0.172. The molecule has 0 aliphatic carbocycles. The van der Waals surface area contributed by atoms with E-state index in [1.165, 1.54) is 12.5 Å². The van der Waals surface area contributed by atoms with Gasteiger partial charge in [0.2, 0.25) is 0 Å². The molecule has 0 aromatic rings. The summed E-state index contributed by atoms with van der Waals surface area (Å²) >= 11 is 0. The van der Waals surface area contributed by atoms with Gasteiger partial charge in [0.25, 0.3) is 0 Å². The van der Waals surface area contributed by atoms with Crippen molar-refractivity contribution < 1.29 is 0 Å². The van der Waals surface area contributed by atoms with Crippen molar-refractivity contribution in [3.05, 3.63) is 0 Å². The SMILES string of the molecule is C[Si]([Si])CCCN. The first-order valence-corrected chi connectivity index (χ1v) is 6.22. The Labute approximate surface area is 50.1 Å². The average molecular weight is 129 g/mol. The molecule has 3 heteroatoms. The van der Waals surface area contributed by atoms with Crippen LogP contribution in [0.4, 0.5) is 0 Å².